The molecule has 1 aliphatic carbocycles. The molecule has 0 bridgehead atoms. The van der Waals surface area contributed by atoms with Crippen molar-refractivity contribution in [1.29, 1.82) is 0 Å². The molecule has 0 spiro atoms. The zero-order valence-corrected chi connectivity index (χ0v) is 22.7. The Morgan fingerprint density at radius 3 is 2.30 bits per heavy atom. The summed E-state index contributed by atoms with van der Waals surface area (Å²) in [5.74, 6) is -0.528. The Hall–Kier alpha value is -3.85. The van der Waals surface area contributed by atoms with Crippen LogP contribution >= 0.6 is 0 Å². The normalized spacial score (nSPS) is 21.3. The smallest absolute Gasteiger partial charge is 0.287 e. The van der Waals surface area contributed by atoms with Gasteiger partial charge in [-0.1, -0.05) is 49.6 Å². The monoisotopic (exact) mass is 544 g/mol. The Morgan fingerprint density at radius 1 is 0.875 bits per heavy atom. The summed E-state index contributed by atoms with van der Waals surface area (Å²) >= 11 is 0. The summed E-state index contributed by atoms with van der Waals surface area (Å²) in [6.45, 7) is 3.89. The van der Waals surface area contributed by atoms with Gasteiger partial charge in [-0.3, -0.25) is 14.4 Å². The standard InChI is InChI=1S/C31H36N4O5/c36-26-21-35(25-10-4-3-9-24(25)34-16-18-39-19-17-34)15-12-23(26)32-30(38)31(13-6-1-7-14-31)33-29(37)28-20-22-8-2-5-11-27(22)40-28/h2-5,8-11,20,23H,1,6-7,12-19,21H2,(H,32,38)(H,33,37). The van der Waals surface area contributed by atoms with Gasteiger partial charge in [0.25, 0.3) is 5.91 Å². The van der Waals surface area contributed by atoms with Crippen molar-refractivity contribution in [2.45, 2.75) is 50.1 Å². The number of fused-ring (bicyclic) bond motifs is 1. The van der Waals surface area contributed by atoms with Gasteiger partial charge in [-0.25, -0.2) is 0 Å². The number of amides is 2. The average Bonchev–Trinajstić information content (AvgIpc) is 3.44. The van der Waals surface area contributed by atoms with E-state index in [1.807, 2.05) is 36.4 Å². The van der Waals surface area contributed by atoms with E-state index in [1.54, 1.807) is 6.07 Å². The Morgan fingerprint density at radius 2 is 1.57 bits per heavy atom. The largest absolute Gasteiger partial charge is 0.451 e. The van der Waals surface area contributed by atoms with Crippen LogP contribution in [0.4, 0.5) is 11.4 Å². The lowest BCUT2D eigenvalue weighted by molar-refractivity contribution is -0.133. The molecule has 210 valence electrons. The van der Waals surface area contributed by atoms with Gasteiger partial charge in [-0.15, -0.1) is 0 Å². The van der Waals surface area contributed by atoms with E-state index in [1.165, 1.54) is 0 Å². The minimum Gasteiger partial charge on any atom is -0.451 e. The molecule has 2 aliphatic heterocycles. The molecule has 9 nitrogen and oxygen atoms in total. The molecule has 2 aromatic carbocycles. The highest BCUT2D eigenvalue weighted by atomic mass is 16.5. The van der Waals surface area contributed by atoms with Crippen LogP contribution in [0.2, 0.25) is 0 Å². The van der Waals surface area contributed by atoms with Crippen molar-refractivity contribution in [3.63, 3.8) is 0 Å². The molecular formula is C31H36N4O5. The molecule has 3 aliphatic rings. The van der Waals surface area contributed by atoms with Gasteiger partial charge in [0.05, 0.1) is 37.2 Å². The van der Waals surface area contributed by atoms with Crippen LogP contribution in [0.3, 0.4) is 0 Å². The predicted molar refractivity (Wildman–Crippen MR) is 153 cm³/mol. The maximum atomic E-state index is 13.7. The number of Topliss-reactive ketones (excluding diaryl/α,β-unsaturated/α-hetero) is 1. The Kier molecular flexibility index (Phi) is 7.47. The molecule has 1 unspecified atom stereocenters. The van der Waals surface area contributed by atoms with Gasteiger partial charge >= 0.3 is 0 Å². The number of ketones is 1. The minimum atomic E-state index is -1.06. The van der Waals surface area contributed by atoms with Gasteiger partial charge in [-0.05, 0) is 43.5 Å². The lowest BCUT2D eigenvalue weighted by atomic mass is 9.80. The highest BCUT2D eigenvalue weighted by Gasteiger charge is 2.43. The molecular weight excluding hydrogens is 508 g/mol. The van der Waals surface area contributed by atoms with Crippen LogP contribution in [0.25, 0.3) is 11.0 Å². The van der Waals surface area contributed by atoms with Gasteiger partial charge in [0.15, 0.2) is 11.5 Å². The van der Waals surface area contributed by atoms with Gasteiger partial charge < -0.3 is 29.6 Å². The van der Waals surface area contributed by atoms with Crippen LogP contribution in [-0.4, -0.2) is 68.6 Å². The highest BCUT2D eigenvalue weighted by Crippen LogP contribution is 2.33. The maximum absolute atomic E-state index is 13.7. The summed E-state index contributed by atoms with van der Waals surface area (Å²) in [5.41, 5.74) is 1.71. The van der Waals surface area contributed by atoms with Gasteiger partial charge in [0.2, 0.25) is 5.91 Å². The topological polar surface area (TPSA) is 104 Å². The Bertz CT molecular complexity index is 1360. The second kappa shape index (κ2) is 11.3. The molecule has 2 N–H and O–H groups in total. The first-order valence-corrected chi connectivity index (χ1v) is 14.3. The number of furan rings is 1. The molecule has 40 heavy (non-hydrogen) atoms. The first-order chi connectivity index (χ1) is 19.5. The molecule has 1 saturated carbocycles. The van der Waals surface area contributed by atoms with Crippen LogP contribution in [0.15, 0.2) is 59.0 Å². The zero-order valence-electron chi connectivity index (χ0n) is 22.7. The maximum Gasteiger partial charge on any atom is 0.287 e. The van der Waals surface area contributed by atoms with E-state index in [-0.39, 0.29) is 24.0 Å². The summed E-state index contributed by atoms with van der Waals surface area (Å²) in [6.07, 6.45) is 4.25. The number of nitrogens with zero attached hydrogens (tertiary/aromatic N) is 2. The molecule has 9 heteroatoms. The molecule has 1 aromatic heterocycles. The number of carbonyl (C=O) groups excluding carboxylic acids is 3. The van der Waals surface area contributed by atoms with Crippen molar-refractivity contribution >= 4 is 39.9 Å². The number of hydrogen-bond donors (Lipinski definition) is 2. The van der Waals surface area contributed by atoms with Crippen molar-refractivity contribution in [2.24, 2.45) is 0 Å². The molecule has 0 radical (unpaired) electrons. The van der Waals surface area contributed by atoms with E-state index in [0.29, 0.717) is 44.6 Å². The van der Waals surface area contributed by atoms with Crippen molar-refractivity contribution in [1.82, 2.24) is 10.6 Å². The number of para-hydroxylation sites is 3. The summed E-state index contributed by atoms with van der Waals surface area (Å²) in [7, 11) is 0. The lowest BCUT2D eigenvalue weighted by Crippen LogP contribution is -2.63. The van der Waals surface area contributed by atoms with E-state index in [2.05, 4.69) is 32.6 Å². The summed E-state index contributed by atoms with van der Waals surface area (Å²) in [6, 6.07) is 16.7. The van der Waals surface area contributed by atoms with Crippen LogP contribution in [0.5, 0.6) is 0 Å². The quantitative estimate of drug-likeness (QED) is 0.488. The van der Waals surface area contributed by atoms with Crippen molar-refractivity contribution < 1.29 is 23.5 Å². The Labute approximate surface area is 233 Å². The molecule has 6 rings (SSSR count). The number of hydrogen-bond acceptors (Lipinski definition) is 7. The van der Waals surface area contributed by atoms with Gasteiger partial charge in [0, 0.05) is 25.0 Å². The van der Waals surface area contributed by atoms with Crippen molar-refractivity contribution in [2.75, 3.05) is 49.2 Å². The SMILES string of the molecule is O=C(NC1(C(=O)NC2CCN(c3ccccc3N3CCOCC3)CC2=O)CCCCC1)c1cc2ccccc2o1. The number of benzene rings is 2. The van der Waals surface area contributed by atoms with E-state index in [4.69, 9.17) is 9.15 Å². The zero-order chi connectivity index (χ0) is 27.5. The fourth-order valence-electron chi connectivity index (χ4n) is 6.22. The second-order valence-corrected chi connectivity index (χ2v) is 11.0. The third-order valence-electron chi connectivity index (χ3n) is 8.45. The number of carbonyl (C=O) groups is 3. The first-order valence-electron chi connectivity index (χ1n) is 14.3. The van der Waals surface area contributed by atoms with Crippen molar-refractivity contribution in [3.8, 4) is 0 Å². The minimum absolute atomic E-state index is 0.0223. The van der Waals surface area contributed by atoms with Crippen LogP contribution in [0.1, 0.15) is 49.1 Å². The highest BCUT2D eigenvalue weighted by molar-refractivity contribution is 6.01. The van der Waals surface area contributed by atoms with Crippen molar-refractivity contribution in [3.05, 3.63) is 60.4 Å². The predicted octanol–water partition coefficient (Wildman–Crippen LogP) is 3.67. The first kappa shape index (κ1) is 26.4. The summed E-state index contributed by atoms with van der Waals surface area (Å²) in [5, 5.41) is 6.87. The summed E-state index contributed by atoms with van der Waals surface area (Å²) in [4.78, 5) is 44.7. The van der Waals surface area contributed by atoms with E-state index in [9.17, 15) is 14.4 Å². The van der Waals surface area contributed by atoms with E-state index >= 15 is 0 Å². The van der Waals surface area contributed by atoms with Crippen LogP contribution < -0.4 is 20.4 Å². The number of piperidine rings is 1. The van der Waals surface area contributed by atoms with E-state index in [0.717, 1.165) is 49.1 Å². The number of ether oxygens (including phenoxy) is 1. The van der Waals surface area contributed by atoms with Gasteiger partial charge in [-0.2, -0.15) is 0 Å². The fourth-order valence-corrected chi connectivity index (χ4v) is 6.22. The number of anilines is 2. The third-order valence-corrected chi connectivity index (χ3v) is 8.45. The van der Waals surface area contributed by atoms with Crippen LogP contribution in [0, 0.1) is 0 Å². The molecule has 3 fully saturated rings. The second-order valence-electron chi connectivity index (χ2n) is 11.0. The molecule has 2 amide bonds. The molecule has 2 saturated heterocycles. The Balaban J connectivity index is 1.14. The number of rotatable bonds is 6. The average molecular weight is 545 g/mol. The number of morpholine rings is 1. The van der Waals surface area contributed by atoms with Crippen LogP contribution in [-0.2, 0) is 14.3 Å². The van der Waals surface area contributed by atoms with E-state index < -0.39 is 17.5 Å². The fraction of sp³-hybridized carbons (Fsp3) is 0.452. The molecule has 3 aromatic rings. The molecule has 3 heterocycles. The lowest BCUT2D eigenvalue weighted by Gasteiger charge is -2.40. The van der Waals surface area contributed by atoms with Gasteiger partial charge in [0.1, 0.15) is 11.1 Å². The summed E-state index contributed by atoms with van der Waals surface area (Å²) < 4.78 is 11.3. The molecule has 1 atom stereocenters. The number of nitrogens with one attached hydrogen (secondary N) is 2. The third kappa shape index (κ3) is 5.30.